The van der Waals surface area contributed by atoms with E-state index >= 15 is 0 Å². The molecule has 3 aromatic rings. The van der Waals surface area contributed by atoms with Crippen LogP contribution in [0.2, 0.25) is 5.02 Å². The summed E-state index contributed by atoms with van der Waals surface area (Å²) in [5.74, 6) is 1.72. The number of halogens is 1. The Labute approximate surface area is 138 Å². The second-order valence-corrected chi connectivity index (χ2v) is 5.41. The van der Waals surface area contributed by atoms with Crippen molar-refractivity contribution in [3.05, 3.63) is 70.6 Å². The van der Waals surface area contributed by atoms with Crippen LogP contribution in [-0.2, 0) is 6.61 Å². The molecule has 2 aromatic carbocycles. The standard InChI is InChI=1S/C18H14ClNO3/c1-12-16(11-22-17-5-3-2-4-14(17)10-21)20-18(23-12)13-6-8-15(19)9-7-13/h2-10H,11H2,1H3. The van der Waals surface area contributed by atoms with Gasteiger partial charge in [-0.15, -0.1) is 0 Å². The third-order valence-electron chi connectivity index (χ3n) is 3.39. The summed E-state index contributed by atoms with van der Waals surface area (Å²) >= 11 is 5.88. The van der Waals surface area contributed by atoms with Gasteiger partial charge in [-0.3, -0.25) is 4.79 Å². The van der Waals surface area contributed by atoms with Gasteiger partial charge in [-0.25, -0.2) is 4.98 Å². The Bertz CT molecular complexity index is 825. The zero-order chi connectivity index (χ0) is 16.2. The van der Waals surface area contributed by atoms with Crippen molar-refractivity contribution in [2.45, 2.75) is 13.5 Å². The number of aryl methyl sites for hydroxylation is 1. The summed E-state index contributed by atoms with van der Waals surface area (Å²) in [6.07, 6.45) is 0.768. The molecule has 116 valence electrons. The molecule has 4 nitrogen and oxygen atoms in total. The van der Waals surface area contributed by atoms with Crippen LogP contribution in [-0.4, -0.2) is 11.3 Å². The van der Waals surface area contributed by atoms with E-state index in [9.17, 15) is 4.79 Å². The zero-order valence-electron chi connectivity index (χ0n) is 12.5. The first-order chi connectivity index (χ1) is 11.2. The predicted molar refractivity (Wildman–Crippen MR) is 87.8 cm³/mol. The van der Waals surface area contributed by atoms with E-state index in [1.807, 2.05) is 25.1 Å². The average molecular weight is 328 g/mol. The quantitative estimate of drug-likeness (QED) is 0.638. The summed E-state index contributed by atoms with van der Waals surface area (Å²) in [6, 6.07) is 14.3. The normalized spacial score (nSPS) is 10.5. The highest BCUT2D eigenvalue weighted by molar-refractivity contribution is 6.30. The van der Waals surface area contributed by atoms with Gasteiger partial charge in [-0.2, -0.15) is 0 Å². The van der Waals surface area contributed by atoms with Gasteiger partial charge in [0.2, 0.25) is 5.89 Å². The third-order valence-corrected chi connectivity index (χ3v) is 3.65. The summed E-state index contributed by atoms with van der Waals surface area (Å²) in [4.78, 5) is 15.5. The fraction of sp³-hybridized carbons (Fsp3) is 0.111. The molecule has 0 aliphatic carbocycles. The maximum Gasteiger partial charge on any atom is 0.226 e. The molecule has 3 rings (SSSR count). The number of nitrogens with zero attached hydrogens (tertiary/aromatic N) is 1. The number of hydrogen-bond acceptors (Lipinski definition) is 4. The Hall–Kier alpha value is -2.59. The first kappa shape index (κ1) is 15.3. The molecule has 0 fully saturated rings. The van der Waals surface area contributed by atoms with E-state index in [0.29, 0.717) is 33.7 Å². The van der Waals surface area contributed by atoms with Gasteiger partial charge in [-0.05, 0) is 43.3 Å². The number of hydrogen-bond donors (Lipinski definition) is 0. The maximum atomic E-state index is 11.0. The van der Waals surface area contributed by atoms with Gasteiger partial charge >= 0.3 is 0 Å². The topological polar surface area (TPSA) is 52.3 Å². The van der Waals surface area contributed by atoms with Crippen LogP contribution in [0.5, 0.6) is 5.75 Å². The lowest BCUT2D eigenvalue weighted by molar-refractivity contribution is 0.111. The van der Waals surface area contributed by atoms with Crippen LogP contribution >= 0.6 is 11.6 Å². The van der Waals surface area contributed by atoms with Crippen LogP contribution in [0.1, 0.15) is 21.8 Å². The fourth-order valence-corrected chi connectivity index (χ4v) is 2.26. The number of carbonyl (C=O) groups excluding carboxylic acids is 1. The Morgan fingerprint density at radius 3 is 2.65 bits per heavy atom. The lowest BCUT2D eigenvalue weighted by Gasteiger charge is -2.06. The molecule has 23 heavy (non-hydrogen) atoms. The lowest BCUT2D eigenvalue weighted by atomic mass is 10.2. The van der Waals surface area contributed by atoms with E-state index in [0.717, 1.165) is 11.8 Å². The molecule has 0 saturated heterocycles. The molecule has 0 radical (unpaired) electrons. The largest absolute Gasteiger partial charge is 0.486 e. The monoisotopic (exact) mass is 327 g/mol. The summed E-state index contributed by atoms with van der Waals surface area (Å²) < 4.78 is 11.4. The first-order valence-electron chi connectivity index (χ1n) is 7.06. The average Bonchev–Trinajstić information content (AvgIpc) is 2.94. The van der Waals surface area contributed by atoms with Crippen molar-refractivity contribution in [2.75, 3.05) is 0 Å². The molecule has 0 N–H and O–H groups in total. The molecule has 1 heterocycles. The van der Waals surface area contributed by atoms with E-state index in [1.54, 1.807) is 30.3 Å². The van der Waals surface area contributed by atoms with Gasteiger partial charge in [0.25, 0.3) is 0 Å². The molecule has 0 bridgehead atoms. The molecule has 0 aliphatic heterocycles. The number of benzene rings is 2. The highest BCUT2D eigenvalue weighted by Gasteiger charge is 2.12. The molecule has 0 atom stereocenters. The van der Waals surface area contributed by atoms with E-state index in [-0.39, 0.29) is 6.61 Å². The summed E-state index contributed by atoms with van der Waals surface area (Å²) in [6.45, 7) is 2.06. The van der Waals surface area contributed by atoms with E-state index in [2.05, 4.69) is 4.98 Å². The minimum atomic E-state index is 0.230. The first-order valence-corrected chi connectivity index (χ1v) is 7.44. The van der Waals surface area contributed by atoms with Gasteiger partial charge in [0.15, 0.2) is 6.29 Å². The van der Waals surface area contributed by atoms with Crippen molar-refractivity contribution < 1.29 is 13.9 Å². The van der Waals surface area contributed by atoms with Crippen molar-refractivity contribution in [2.24, 2.45) is 0 Å². The van der Waals surface area contributed by atoms with Crippen molar-refractivity contribution in [1.82, 2.24) is 4.98 Å². The smallest absolute Gasteiger partial charge is 0.226 e. The Morgan fingerprint density at radius 1 is 1.17 bits per heavy atom. The van der Waals surface area contributed by atoms with Crippen LogP contribution in [0, 0.1) is 6.92 Å². The number of ether oxygens (including phenoxy) is 1. The van der Waals surface area contributed by atoms with Crippen LogP contribution in [0.3, 0.4) is 0 Å². The Balaban J connectivity index is 1.79. The minimum Gasteiger partial charge on any atom is -0.486 e. The third kappa shape index (κ3) is 3.43. The Kier molecular flexibility index (Phi) is 4.44. The van der Waals surface area contributed by atoms with Gasteiger partial charge in [0, 0.05) is 10.6 Å². The minimum absolute atomic E-state index is 0.230. The number of oxazole rings is 1. The molecular formula is C18H14ClNO3. The summed E-state index contributed by atoms with van der Waals surface area (Å²) in [5.41, 5.74) is 2.04. The van der Waals surface area contributed by atoms with Crippen LogP contribution in [0.15, 0.2) is 52.9 Å². The zero-order valence-corrected chi connectivity index (χ0v) is 13.2. The van der Waals surface area contributed by atoms with Gasteiger partial charge in [0.05, 0.1) is 5.56 Å². The number of aldehydes is 1. The SMILES string of the molecule is Cc1oc(-c2ccc(Cl)cc2)nc1COc1ccccc1C=O. The summed E-state index contributed by atoms with van der Waals surface area (Å²) in [7, 11) is 0. The van der Waals surface area contributed by atoms with Crippen molar-refractivity contribution >= 4 is 17.9 Å². The van der Waals surface area contributed by atoms with Crippen LogP contribution in [0.25, 0.3) is 11.5 Å². The van der Waals surface area contributed by atoms with Gasteiger partial charge in [0.1, 0.15) is 23.8 Å². The van der Waals surface area contributed by atoms with Crippen molar-refractivity contribution in [3.63, 3.8) is 0 Å². The lowest BCUT2D eigenvalue weighted by Crippen LogP contribution is -1.99. The second kappa shape index (κ2) is 6.67. The molecule has 0 amide bonds. The molecule has 0 unspecified atom stereocenters. The van der Waals surface area contributed by atoms with Gasteiger partial charge < -0.3 is 9.15 Å². The van der Waals surface area contributed by atoms with E-state index in [1.165, 1.54) is 0 Å². The van der Waals surface area contributed by atoms with Crippen LogP contribution in [0.4, 0.5) is 0 Å². The predicted octanol–water partition coefficient (Wildman–Crippen LogP) is 4.69. The number of carbonyl (C=O) groups is 1. The van der Waals surface area contributed by atoms with E-state index in [4.69, 9.17) is 20.8 Å². The number of para-hydroxylation sites is 1. The molecule has 1 aromatic heterocycles. The molecule has 0 spiro atoms. The number of aromatic nitrogens is 1. The molecule has 0 aliphatic rings. The molecular weight excluding hydrogens is 314 g/mol. The highest BCUT2D eigenvalue weighted by Crippen LogP contribution is 2.24. The highest BCUT2D eigenvalue weighted by atomic mass is 35.5. The maximum absolute atomic E-state index is 11.0. The van der Waals surface area contributed by atoms with Crippen molar-refractivity contribution in [3.8, 4) is 17.2 Å². The summed E-state index contributed by atoms with van der Waals surface area (Å²) in [5, 5.41) is 0.658. The van der Waals surface area contributed by atoms with E-state index < -0.39 is 0 Å². The molecule has 5 heteroatoms. The molecule has 0 saturated carbocycles. The fourth-order valence-electron chi connectivity index (χ4n) is 2.13. The van der Waals surface area contributed by atoms with Crippen molar-refractivity contribution in [1.29, 1.82) is 0 Å². The second-order valence-electron chi connectivity index (χ2n) is 4.97. The van der Waals surface area contributed by atoms with Crippen LogP contribution < -0.4 is 4.74 Å². The van der Waals surface area contributed by atoms with Gasteiger partial charge in [-0.1, -0.05) is 23.7 Å². The Morgan fingerprint density at radius 2 is 1.91 bits per heavy atom. The number of rotatable bonds is 5.